The standard InChI is InChI=1S/C22H30N2O3/c1-4-22(3,19-11-7-6-8-12-19)24-21(25)23-20-13-9-10-18(16-20)17-27-15-14-26-5-2/h6-13,16H,4-5,14-15,17H2,1-3H3,(H2,23,24,25). The molecule has 0 saturated carbocycles. The number of benzene rings is 2. The Hall–Kier alpha value is -2.37. The van der Waals surface area contributed by atoms with Crippen molar-refractivity contribution in [2.45, 2.75) is 39.3 Å². The van der Waals surface area contributed by atoms with Crippen molar-refractivity contribution < 1.29 is 14.3 Å². The Balaban J connectivity index is 1.92. The average molecular weight is 370 g/mol. The molecule has 5 nitrogen and oxygen atoms in total. The molecule has 0 spiro atoms. The maximum atomic E-state index is 12.5. The van der Waals surface area contributed by atoms with Gasteiger partial charge in [-0.3, -0.25) is 0 Å². The van der Waals surface area contributed by atoms with Crippen LogP contribution in [0.15, 0.2) is 54.6 Å². The molecule has 0 aliphatic carbocycles. The monoisotopic (exact) mass is 370 g/mol. The molecule has 2 amide bonds. The van der Waals surface area contributed by atoms with Crippen molar-refractivity contribution in [3.05, 3.63) is 65.7 Å². The quantitative estimate of drug-likeness (QED) is 0.597. The second-order valence-electron chi connectivity index (χ2n) is 6.58. The summed E-state index contributed by atoms with van der Waals surface area (Å²) in [5, 5.41) is 6.02. The Morgan fingerprint density at radius 1 is 1.00 bits per heavy atom. The van der Waals surface area contributed by atoms with Gasteiger partial charge >= 0.3 is 6.03 Å². The van der Waals surface area contributed by atoms with Gasteiger partial charge in [-0.05, 0) is 43.5 Å². The molecule has 2 rings (SSSR count). The molecule has 0 bridgehead atoms. The van der Waals surface area contributed by atoms with Crippen molar-refractivity contribution in [2.24, 2.45) is 0 Å². The maximum Gasteiger partial charge on any atom is 0.319 e. The number of rotatable bonds is 10. The van der Waals surface area contributed by atoms with E-state index in [-0.39, 0.29) is 6.03 Å². The van der Waals surface area contributed by atoms with Crippen LogP contribution >= 0.6 is 0 Å². The van der Waals surface area contributed by atoms with E-state index in [1.54, 1.807) is 0 Å². The first-order valence-corrected chi connectivity index (χ1v) is 9.46. The van der Waals surface area contributed by atoms with Gasteiger partial charge in [0.1, 0.15) is 0 Å². The van der Waals surface area contributed by atoms with Gasteiger partial charge in [-0.2, -0.15) is 0 Å². The van der Waals surface area contributed by atoms with E-state index in [4.69, 9.17) is 9.47 Å². The fourth-order valence-corrected chi connectivity index (χ4v) is 2.77. The molecule has 2 aromatic carbocycles. The van der Waals surface area contributed by atoms with Gasteiger partial charge in [-0.25, -0.2) is 4.79 Å². The number of urea groups is 1. The minimum atomic E-state index is -0.425. The van der Waals surface area contributed by atoms with E-state index in [2.05, 4.69) is 17.6 Å². The highest BCUT2D eigenvalue weighted by Gasteiger charge is 2.26. The zero-order chi connectivity index (χ0) is 19.5. The lowest BCUT2D eigenvalue weighted by atomic mass is 9.89. The number of anilines is 1. The Bertz CT molecular complexity index is 706. The largest absolute Gasteiger partial charge is 0.379 e. The number of carbonyl (C=O) groups is 1. The van der Waals surface area contributed by atoms with Crippen molar-refractivity contribution in [3.63, 3.8) is 0 Å². The molecule has 1 unspecified atom stereocenters. The van der Waals surface area contributed by atoms with Gasteiger partial charge in [0.2, 0.25) is 0 Å². The number of amides is 2. The molecule has 146 valence electrons. The van der Waals surface area contributed by atoms with E-state index in [0.717, 1.165) is 23.2 Å². The van der Waals surface area contributed by atoms with Gasteiger partial charge in [-0.15, -0.1) is 0 Å². The van der Waals surface area contributed by atoms with Crippen LogP contribution in [0.1, 0.15) is 38.3 Å². The van der Waals surface area contributed by atoms with Crippen LogP contribution in [0.2, 0.25) is 0 Å². The number of ether oxygens (including phenoxy) is 2. The van der Waals surface area contributed by atoms with E-state index in [1.165, 1.54) is 0 Å². The summed E-state index contributed by atoms with van der Waals surface area (Å²) in [4.78, 5) is 12.5. The molecule has 0 aromatic heterocycles. The number of hydrogen-bond acceptors (Lipinski definition) is 3. The highest BCUT2D eigenvalue weighted by atomic mass is 16.5. The predicted octanol–water partition coefficient (Wildman–Crippen LogP) is 4.69. The number of hydrogen-bond donors (Lipinski definition) is 2. The van der Waals surface area contributed by atoms with Crippen LogP contribution in [0, 0.1) is 0 Å². The summed E-state index contributed by atoms with van der Waals surface area (Å²) >= 11 is 0. The first-order valence-electron chi connectivity index (χ1n) is 9.46. The average Bonchev–Trinajstić information content (AvgIpc) is 2.68. The van der Waals surface area contributed by atoms with Crippen molar-refractivity contribution in [2.75, 3.05) is 25.1 Å². The summed E-state index contributed by atoms with van der Waals surface area (Å²) in [7, 11) is 0. The third-order valence-corrected chi connectivity index (χ3v) is 4.54. The summed E-state index contributed by atoms with van der Waals surface area (Å²) < 4.78 is 10.8. The smallest absolute Gasteiger partial charge is 0.319 e. The van der Waals surface area contributed by atoms with Gasteiger partial charge in [-0.1, -0.05) is 49.4 Å². The summed E-state index contributed by atoms with van der Waals surface area (Å²) in [6.07, 6.45) is 0.790. The molecule has 0 radical (unpaired) electrons. The lowest BCUT2D eigenvalue weighted by Gasteiger charge is -2.30. The predicted molar refractivity (Wildman–Crippen MR) is 109 cm³/mol. The van der Waals surface area contributed by atoms with Gasteiger partial charge < -0.3 is 20.1 Å². The molecule has 0 fully saturated rings. The first kappa shape index (κ1) is 20.9. The van der Waals surface area contributed by atoms with Crippen molar-refractivity contribution in [3.8, 4) is 0 Å². The second kappa shape index (κ2) is 10.7. The van der Waals surface area contributed by atoms with E-state index in [0.29, 0.717) is 26.4 Å². The topological polar surface area (TPSA) is 59.6 Å². The lowest BCUT2D eigenvalue weighted by Crippen LogP contribution is -2.45. The zero-order valence-electron chi connectivity index (χ0n) is 16.5. The fourth-order valence-electron chi connectivity index (χ4n) is 2.77. The second-order valence-corrected chi connectivity index (χ2v) is 6.58. The first-order chi connectivity index (χ1) is 13.1. The molecule has 0 aliphatic heterocycles. The SMILES string of the molecule is CCOCCOCc1cccc(NC(=O)NC(C)(CC)c2ccccc2)c1. The molecule has 0 saturated heterocycles. The molecular weight excluding hydrogens is 340 g/mol. The molecule has 27 heavy (non-hydrogen) atoms. The fraction of sp³-hybridized carbons (Fsp3) is 0.409. The molecule has 0 heterocycles. The summed E-state index contributed by atoms with van der Waals surface area (Å²) in [5.74, 6) is 0. The Kier molecular flexibility index (Phi) is 8.30. The van der Waals surface area contributed by atoms with Crippen LogP contribution < -0.4 is 10.6 Å². The van der Waals surface area contributed by atoms with E-state index < -0.39 is 5.54 Å². The van der Waals surface area contributed by atoms with Crippen LogP contribution in [-0.4, -0.2) is 25.9 Å². The Morgan fingerprint density at radius 2 is 1.74 bits per heavy atom. The summed E-state index contributed by atoms with van der Waals surface area (Å²) in [5.41, 5.74) is 2.40. The van der Waals surface area contributed by atoms with Crippen LogP contribution in [0.4, 0.5) is 10.5 Å². The summed E-state index contributed by atoms with van der Waals surface area (Å²) in [6, 6.07) is 17.5. The molecule has 5 heteroatoms. The molecule has 0 aliphatic rings. The van der Waals surface area contributed by atoms with Crippen LogP contribution in [0.3, 0.4) is 0 Å². The highest BCUT2D eigenvalue weighted by Crippen LogP contribution is 2.24. The zero-order valence-corrected chi connectivity index (χ0v) is 16.5. The van der Waals surface area contributed by atoms with Gasteiger partial charge in [0.05, 0.1) is 25.4 Å². The lowest BCUT2D eigenvalue weighted by molar-refractivity contribution is 0.0453. The van der Waals surface area contributed by atoms with E-state index >= 15 is 0 Å². The molecule has 2 aromatic rings. The summed E-state index contributed by atoms with van der Waals surface area (Å²) in [6.45, 7) is 8.38. The van der Waals surface area contributed by atoms with Crippen molar-refractivity contribution >= 4 is 11.7 Å². The molecule has 1 atom stereocenters. The van der Waals surface area contributed by atoms with Gasteiger partial charge in [0, 0.05) is 12.3 Å². The minimum absolute atomic E-state index is 0.224. The number of carbonyl (C=O) groups excluding carboxylic acids is 1. The van der Waals surface area contributed by atoms with Crippen molar-refractivity contribution in [1.29, 1.82) is 0 Å². The van der Waals surface area contributed by atoms with Gasteiger partial charge in [0.25, 0.3) is 0 Å². The maximum absolute atomic E-state index is 12.5. The molecule has 2 N–H and O–H groups in total. The third-order valence-electron chi connectivity index (χ3n) is 4.54. The minimum Gasteiger partial charge on any atom is -0.379 e. The van der Waals surface area contributed by atoms with Crippen LogP contribution in [0.25, 0.3) is 0 Å². The normalized spacial score (nSPS) is 13.0. The third kappa shape index (κ3) is 6.70. The van der Waals surface area contributed by atoms with Gasteiger partial charge in [0.15, 0.2) is 0 Å². The van der Waals surface area contributed by atoms with Crippen LogP contribution in [0.5, 0.6) is 0 Å². The Labute approximate surface area is 162 Å². The van der Waals surface area contributed by atoms with Crippen LogP contribution in [-0.2, 0) is 21.6 Å². The Morgan fingerprint density at radius 3 is 2.44 bits per heavy atom. The molecular formula is C22H30N2O3. The van der Waals surface area contributed by atoms with E-state index in [9.17, 15) is 4.79 Å². The highest BCUT2D eigenvalue weighted by molar-refractivity contribution is 5.89. The van der Waals surface area contributed by atoms with E-state index in [1.807, 2.05) is 68.4 Å². The van der Waals surface area contributed by atoms with Crippen molar-refractivity contribution in [1.82, 2.24) is 5.32 Å². The number of nitrogens with one attached hydrogen (secondary N) is 2.